The molecule has 0 amide bonds. The van der Waals surface area contributed by atoms with Gasteiger partial charge in [0.15, 0.2) is 0 Å². The lowest BCUT2D eigenvalue weighted by Gasteiger charge is -2.05. The molecule has 0 aliphatic carbocycles. The van der Waals surface area contributed by atoms with E-state index in [1.54, 1.807) is 36.1 Å². The molecule has 94 valence electrons. The standard InChI is InChI=1S/C12H12ClN3O2/c1-16-5-4-9(15-16)7-18-12(17)10-3-2-8(13)6-11(10)14/h2-6H,7,14H2,1H3. The maximum atomic E-state index is 11.8. The summed E-state index contributed by atoms with van der Waals surface area (Å²) in [6.07, 6.45) is 1.78. The Kier molecular flexibility index (Phi) is 3.53. The number of carbonyl (C=O) groups is 1. The first-order valence-electron chi connectivity index (χ1n) is 5.27. The minimum Gasteiger partial charge on any atom is -0.455 e. The molecule has 0 fully saturated rings. The van der Waals surface area contributed by atoms with Gasteiger partial charge in [0, 0.05) is 24.0 Å². The van der Waals surface area contributed by atoms with E-state index < -0.39 is 5.97 Å². The first-order valence-corrected chi connectivity index (χ1v) is 5.65. The smallest absolute Gasteiger partial charge is 0.340 e. The molecular formula is C12H12ClN3O2. The Morgan fingerprint density at radius 2 is 2.28 bits per heavy atom. The van der Waals surface area contributed by atoms with Gasteiger partial charge in [-0.3, -0.25) is 4.68 Å². The van der Waals surface area contributed by atoms with Crippen LogP contribution >= 0.6 is 11.6 Å². The number of ether oxygens (including phenoxy) is 1. The van der Waals surface area contributed by atoms with Gasteiger partial charge >= 0.3 is 5.97 Å². The zero-order chi connectivity index (χ0) is 13.1. The van der Waals surface area contributed by atoms with Gasteiger partial charge in [0.05, 0.1) is 11.3 Å². The van der Waals surface area contributed by atoms with Crippen LogP contribution in [0, 0.1) is 0 Å². The second-order valence-corrected chi connectivity index (χ2v) is 4.22. The highest BCUT2D eigenvalue weighted by atomic mass is 35.5. The minimum absolute atomic E-state index is 0.113. The molecule has 0 aliphatic heterocycles. The number of aryl methyl sites for hydroxylation is 1. The molecule has 0 atom stereocenters. The van der Waals surface area contributed by atoms with Crippen molar-refractivity contribution >= 4 is 23.3 Å². The fourth-order valence-electron chi connectivity index (χ4n) is 1.48. The molecule has 0 saturated carbocycles. The summed E-state index contributed by atoms with van der Waals surface area (Å²) in [6, 6.07) is 6.42. The normalized spacial score (nSPS) is 10.3. The number of hydrogen-bond donors (Lipinski definition) is 1. The monoisotopic (exact) mass is 265 g/mol. The molecule has 0 spiro atoms. The number of nitrogen functional groups attached to an aromatic ring is 1. The van der Waals surface area contributed by atoms with Crippen molar-refractivity contribution in [1.82, 2.24) is 9.78 Å². The number of hydrogen-bond acceptors (Lipinski definition) is 4. The highest BCUT2D eigenvalue weighted by Gasteiger charge is 2.12. The van der Waals surface area contributed by atoms with E-state index in [1.165, 1.54) is 6.07 Å². The van der Waals surface area contributed by atoms with Crippen molar-refractivity contribution in [2.24, 2.45) is 7.05 Å². The van der Waals surface area contributed by atoms with Crippen LogP contribution in [0.5, 0.6) is 0 Å². The van der Waals surface area contributed by atoms with E-state index in [2.05, 4.69) is 5.10 Å². The summed E-state index contributed by atoms with van der Waals surface area (Å²) < 4.78 is 6.75. The maximum absolute atomic E-state index is 11.8. The SMILES string of the molecule is Cn1ccc(COC(=O)c2ccc(Cl)cc2N)n1. The van der Waals surface area contributed by atoms with Crippen molar-refractivity contribution in [3.63, 3.8) is 0 Å². The summed E-state index contributed by atoms with van der Waals surface area (Å²) in [5.41, 5.74) is 6.97. The molecule has 5 nitrogen and oxygen atoms in total. The second-order valence-electron chi connectivity index (χ2n) is 3.79. The number of nitrogens with zero attached hydrogens (tertiary/aromatic N) is 2. The lowest BCUT2D eigenvalue weighted by atomic mass is 10.2. The van der Waals surface area contributed by atoms with Gasteiger partial charge in [-0.15, -0.1) is 0 Å². The summed E-state index contributed by atoms with van der Waals surface area (Å²) in [6.45, 7) is 0.113. The topological polar surface area (TPSA) is 70.1 Å². The number of nitrogens with two attached hydrogens (primary N) is 1. The van der Waals surface area contributed by atoms with Gasteiger partial charge in [-0.05, 0) is 24.3 Å². The molecule has 2 aromatic rings. The minimum atomic E-state index is -0.491. The fourth-order valence-corrected chi connectivity index (χ4v) is 1.66. The lowest BCUT2D eigenvalue weighted by molar-refractivity contribution is 0.0468. The van der Waals surface area contributed by atoms with Gasteiger partial charge in [0.2, 0.25) is 0 Å². The number of rotatable bonds is 3. The first kappa shape index (κ1) is 12.4. The van der Waals surface area contributed by atoms with Crippen LogP contribution in [0.3, 0.4) is 0 Å². The Hall–Kier alpha value is -2.01. The number of halogens is 1. The Morgan fingerprint density at radius 3 is 2.89 bits per heavy atom. The first-order chi connectivity index (χ1) is 8.56. The van der Waals surface area contributed by atoms with Crippen LogP contribution in [0.25, 0.3) is 0 Å². The molecule has 18 heavy (non-hydrogen) atoms. The molecule has 0 bridgehead atoms. The van der Waals surface area contributed by atoms with Crippen molar-refractivity contribution in [2.45, 2.75) is 6.61 Å². The van der Waals surface area contributed by atoms with Gasteiger partial charge in [0.1, 0.15) is 6.61 Å². The number of esters is 1. The molecule has 2 N–H and O–H groups in total. The Morgan fingerprint density at radius 1 is 1.50 bits per heavy atom. The number of carbonyl (C=O) groups excluding carboxylic acids is 1. The Bertz CT molecular complexity index is 580. The molecule has 1 heterocycles. The Labute approximate surface area is 109 Å². The summed E-state index contributed by atoms with van der Waals surface area (Å²) in [5.74, 6) is -0.491. The van der Waals surface area contributed by atoms with E-state index in [-0.39, 0.29) is 6.61 Å². The summed E-state index contributed by atoms with van der Waals surface area (Å²) in [7, 11) is 1.79. The fraction of sp³-hybridized carbons (Fsp3) is 0.167. The zero-order valence-electron chi connectivity index (χ0n) is 9.76. The molecule has 0 radical (unpaired) electrons. The van der Waals surface area contributed by atoms with Crippen molar-refractivity contribution in [3.8, 4) is 0 Å². The van der Waals surface area contributed by atoms with Crippen LogP contribution in [0.15, 0.2) is 30.5 Å². The third-order valence-corrected chi connectivity index (χ3v) is 2.59. The third-order valence-electron chi connectivity index (χ3n) is 2.35. The third kappa shape index (κ3) is 2.81. The summed E-state index contributed by atoms with van der Waals surface area (Å²) in [5, 5.41) is 4.58. The second kappa shape index (κ2) is 5.10. The molecular weight excluding hydrogens is 254 g/mol. The van der Waals surface area contributed by atoms with Crippen molar-refractivity contribution in [2.75, 3.05) is 5.73 Å². The zero-order valence-corrected chi connectivity index (χ0v) is 10.5. The van der Waals surface area contributed by atoms with Crippen molar-refractivity contribution in [1.29, 1.82) is 0 Å². The average Bonchev–Trinajstić information content (AvgIpc) is 2.72. The van der Waals surface area contributed by atoms with E-state index in [0.29, 0.717) is 22.0 Å². The van der Waals surface area contributed by atoms with Gasteiger partial charge in [-0.1, -0.05) is 11.6 Å². The van der Waals surface area contributed by atoms with Crippen molar-refractivity contribution in [3.05, 3.63) is 46.7 Å². The van der Waals surface area contributed by atoms with Gasteiger partial charge in [-0.2, -0.15) is 5.10 Å². The lowest BCUT2D eigenvalue weighted by Crippen LogP contribution is -2.08. The van der Waals surface area contributed by atoms with Crippen LogP contribution < -0.4 is 5.73 Å². The molecule has 6 heteroatoms. The predicted octanol–water partition coefficient (Wildman–Crippen LogP) is 2.01. The van der Waals surface area contributed by atoms with Crippen molar-refractivity contribution < 1.29 is 9.53 Å². The van der Waals surface area contributed by atoms with Crippen LogP contribution in [0.4, 0.5) is 5.69 Å². The van der Waals surface area contributed by atoms with E-state index >= 15 is 0 Å². The predicted molar refractivity (Wildman–Crippen MR) is 68.2 cm³/mol. The van der Waals surface area contributed by atoms with Crippen LogP contribution in [-0.4, -0.2) is 15.7 Å². The van der Waals surface area contributed by atoms with E-state index in [0.717, 1.165) is 0 Å². The quantitative estimate of drug-likeness (QED) is 0.681. The maximum Gasteiger partial charge on any atom is 0.340 e. The number of benzene rings is 1. The average molecular weight is 266 g/mol. The van der Waals surface area contributed by atoms with E-state index in [4.69, 9.17) is 22.1 Å². The largest absolute Gasteiger partial charge is 0.455 e. The highest BCUT2D eigenvalue weighted by molar-refractivity contribution is 6.31. The van der Waals surface area contributed by atoms with Gasteiger partial charge in [-0.25, -0.2) is 4.79 Å². The van der Waals surface area contributed by atoms with Gasteiger partial charge < -0.3 is 10.5 Å². The number of anilines is 1. The molecule has 1 aromatic heterocycles. The van der Waals surface area contributed by atoms with Gasteiger partial charge in [0.25, 0.3) is 0 Å². The van der Waals surface area contributed by atoms with Crippen LogP contribution in [0.1, 0.15) is 16.1 Å². The number of aromatic nitrogens is 2. The molecule has 0 unspecified atom stereocenters. The molecule has 1 aromatic carbocycles. The Balaban J connectivity index is 2.03. The van der Waals surface area contributed by atoms with E-state index in [1.807, 2.05) is 0 Å². The molecule has 0 saturated heterocycles. The molecule has 2 rings (SSSR count). The van der Waals surface area contributed by atoms with Crippen LogP contribution in [-0.2, 0) is 18.4 Å². The molecule has 0 aliphatic rings. The highest BCUT2D eigenvalue weighted by Crippen LogP contribution is 2.19. The summed E-state index contributed by atoms with van der Waals surface area (Å²) in [4.78, 5) is 11.8. The summed E-state index contributed by atoms with van der Waals surface area (Å²) >= 11 is 5.75. The van der Waals surface area contributed by atoms with Crippen LogP contribution in [0.2, 0.25) is 5.02 Å². The van der Waals surface area contributed by atoms with E-state index in [9.17, 15) is 4.79 Å².